The van der Waals surface area contributed by atoms with Gasteiger partial charge in [0.2, 0.25) is 0 Å². The SMILES string of the molecule is CCOC(=O)[C@@H](N=C=S)c1ccccc1. The summed E-state index contributed by atoms with van der Waals surface area (Å²) in [6.45, 7) is 2.08. The minimum Gasteiger partial charge on any atom is -0.464 e. The van der Waals surface area contributed by atoms with Gasteiger partial charge >= 0.3 is 5.97 Å². The van der Waals surface area contributed by atoms with Crippen LogP contribution in [0.3, 0.4) is 0 Å². The standard InChI is InChI=1S/C11H11NO2S/c1-2-14-11(13)10(12-8-15)9-6-4-3-5-7-9/h3-7,10H,2H2,1H3/t10-/m0/s1. The van der Waals surface area contributed by atoms with Gasteiger partial charge in [-0.2, -0.15) is 0 Å². The van der Waals surface area contributed by atoms with Crippen molar-refractivity contribution in [2.45, 2.75) is 13.0 Å². The molecule has 3 nitrogen and oxygen atoms in total. The fraction of sp³-hybridized carbons (Fsp3) is 0.273. The van der Waals surface area contributed by atoms with Crippen LogP contribution in [0.4, 0.5) is 0 Å². The molecule has 0 amide bonds. The van der Waals surface area contributed by atoms with E-state index in [0.717, 1.165) is 5.56 Å². The van der Waals surface area contributed by atoms with Gasteiger partial charge in [0.15, 0.2) is 6.04 Å². The maximum absolute atomic E-state index is 11.5. The highest BCUT2D eigenvalue weighted by Crippen LogP contribution is 2.18. The average Bonchev–Trinajstić information content (AvgIpc) is 2.27. The van der Waals surface area contributed by atoms with E-state index in [9.17, 15) is 4.79 Å². The van der Waals surface area contributed by atoms with Gasteiger partial charge in [0.05, 0.1) is 11.8 Å². The molecule has 1 atom stereocenters. The second kappa shape index (κ2) is 6.06. The summed E-state index contributed by atoms with van der Waals surface area (Å²) >= 11 is 4.51. The number of esters is 1. The Balaban J connectivity index is 2.93. The molecular weight excluding hydrogens is 210 g/mol. The van der Waals surface area contributed by atoms with Gasteiger partial charge in [0.25, 0.3) is 0 Å². The summed E-state index contributed by atoms with van der Waals surface area (Å²) in [7, 11) is 0. The van der Waals surface area contributed by atoms with E-state index in [2.05, 4.69) is 22.4 Å². The number of isothiocyanates is 1. The first-order chi connectivity index (χ1) is 7.29. The number of hydrogen-bond donors (Lipinski definition) is 0. The van der Waals surface area contributed by atoms with Gasteiger partial charge in [0, 0.05) is 0 Å². The van der Waals surface area contributed by atoms with Crippen molar-refractivity contribution in [2.24, 2.45) is 4.99 Å². The van der Waals surface area contributed by atoms with Crippen molar-refractivity contribution in [3.63, 3.8) is 0 Å². The van der Waals surface area contributed by atoms with E-state index in [1.54, 1.807) is 19.1 Å². The Morgan fingerprint density at radius 2 is 2.20 bits per heavy atom. The normalized spacial score (nSPS) is 11.3. The Hall–Kier alpha value is -1.51. The highest BCUT2D eigenvalue weighted by Gasteiger charge is 2.20. The molecule has 0 aliphatic carbocycles. The van der Waals surface area contributed by atoms with E-state index in [-0.39, 0.29) is 0 Å². The highest BCUT2D eigenvalue weighted by molar-refractivity contribution is 7.78. The number of thiocarbonyl (C=S) groups is 1. The number of ether oxygens (including phenoxy) is 1. The van der Waals surface area contributed by atoms with Crippen LogP contribution in [0, 0.1) is 0 Å². The van der Waals surface area contributed by atoms with Crippen molar-refractivity contribution in [3.8, 4) is 0 Å². The molecule has 0 aromatic heterocycles. The lowest BCUT2D eigenvalue weighted by Gasteiger charge is -2.09. The summed E-state index contributed by atoms with van der Waals surface area (Å²) in [6, 6.07) is 8.45. The molecule has 1 aromatic rings. The number of carbonyl (C=O) groups is 1. The third-order valence-electron chi connectivity index (χ3n) is 1.81. The second-order valence-corrected chi connectivity index (χ2v) is 2.97. The van der Waals surface area contributed by atoms with E-state index >= 15 is 0 Å². The van der Waals surface area contributed by atoms with Gasteiger partial charge in [-0.1, -0.05) is 30.3 Å². The molecule has 0 radical (unpaired) electrons. The van der Waals surface area contributed by atoms with E-state index in [1.165, 1.54) is 0 Å². The van der Waals surface area contributed by atoms with Gasteiger partial charge in [-0.15, -0.1) is 0 Å². The minimum absolute atomic E-state index is 0.328. The zero-order valence-electron chi connectivity index (χ0n) is 8.34. The lowest BCUT2D eigenvalue weighted by Crippen LogP contribution is -2.13. The van der Waals surface area contributed by atoms with Crippen molar-refractivity contribution in [2.75, 3.05) is 6.61 Å². The summed E-state index contributed by atoms with van der Waals surface area (Å²) in [5.74, 6) is -0.402. The maximum atomic E-state index is 11.5. The van der Waals surface area contributed by atoms with Crippen LogP contribution in [-0.4, -0.2) is 17.7 Å². The summed E-state index contributed by atoms with van der Waals surface area (Å²) in [6.07, 6.45) is 0. The largest absolute Gasteiger partial charge is 0.464 e. The Morgan fingerprint density at radius 1 is 1.53 bits per heavy atom. The molecule has 0 unspecified atom stereocenters. The summed E-state index contributed by atoms with van der Waals surface area (Å²) in [5, 5.41) is 2.21. The molecule has 0 aliphatic rings. The highest BCUT2D eigenvalue weighted by atomic mass is 32.1. The van der Waals surface area contributed by atoms with Gasteiger partial charge < -0.3 is 4.74 Å². The monoisotopic (exact) mass is 221 g/mol. The van der Waals surface area contributed by atoms with Gasteiger partial charge in [0.1, 0.15) is 0 Å². The van der Waals surface area contributed by atoms with Gasteiger partial charge in [-0.05, 0) is 24.7 Å². The van der Waals surface area contributed by atoms with Crippen molar-refractivity contribution in [1.82, 2.24) is 0 Å². The van der Waals surface area contributed by atoms with Crippen molar-refractivity contribution in [1.29, 1.82) is 0 Å². The van der Waals surface area contributed by atoms with Crippen LogP contribution in [0.25, 0.3) is 0 Å². The van der Waals surface area contributed by atoms with Crippen LogP contribution in [0.15, 0.2) is 35.3 Å². The molecule has 0 aliphatic heterocycles. The number of nitrogens with zero attached hydrogens (tertiary/aromatic N) is 1. The molecular formula is C11H11NO2S. The Morgan fingerprint density at radius 3 is 2.73 bits per heavy atom. The quantitative estimate of drug-likeness (QED) is 0.445. The summed E-state index contributed by atoms with van der Waals surface area (Å²) in [4.78, 5) is 15.3. The fourth-order valence-electron chi connectivity index (χ4n) is 1.17. The van der Waals surface area contributed by atoms with Crippen LogP contribution in [0.2, 0.25) is 0 Å². The van der Waals surface area contributed by atoms with E-state index < -0.39 is 12.0 Å². The lowest BCUT2D eigenvalue weighted by atomic mass is 10.1. The molecule has 0 heterocycles. The van der Waals surface area contributed by atoms with Crippen LogP contribution in [0.1, 0.15) is 18.5 Å². The van der Waals surface area contributed by atoms with Gasteiger partial charge in [-0.25, -0.2) is 9.79 Å². The molecule has 78 valence electrons. The maximum Gasteiger partial charge on any atom is 0.336 e. The first-order valence-corrected chi connectivity index (χ1v) is 4.99. The molecule has 0 spiro atoms. The van der Waals surface area contributed by atoms with Crippen LogP contribution >= 0.6 is 12.2 Å². The third-order valence-corrected chi connectivity index (χ3v) is 1.91. The molecule has 4 heteroatoms. The summed E-state index contributed by atoms with van der Waals surface area (Å²) in [5.41, 5.74) is 0.758. The molecule has 0 fully saturated rings. The van der Waals surface area contributed by atoms with Crippen LogP contribution < -0.4 is 0 Å². The molecule has 0 saturated heterocycles. The van der Waals surface area contributed by atoms with E-state index in [1.807, 2.05) is 18.2 Å². The first-order valence-electron chi connectivity index (χ1n) is 4.58. The molecule has 1 aromatic carbocycles. The molecule has 1 rings (SSSR count). The molecule has 0 saturated carbocycles. The van der Waals surface area contributed by atoms with Crippen molar-refractivity contribution >= 4 is 23.3 Å². The van der Waals surface area contributed by atoms with E-state index in [4.69, 9.17) is 4.74 Å². The zero-order chi connectivity index (χ0) is 11.1. The number of rotatable bonds is 4. The summed E-state index contributed by atoms with van der Waals surface area (Å²) < 4.78 is 4.89. The predicted molar refractivity (Wildman–Crippen MR) is 60.8 cm³/mol. The van der Waals surface area contributed by atoms with E-state index in [0.29, 0.717) is 6.61 Å². The number of carbonyl (C=O) groups excluding carboxylic acids is 1. The first kappa shape index (κ1) is 11.6. The van der Waals surface area contributed by atoms with Crippen molar-refractivity contribution < 1.29 is 9.53 Å². The minimum atomic E-state index is -0.691. The van der Waals surface area contributed by atoms with Crippen LogP contribution in [-0.2, 0) is 9.53 Å². The number of aliphatic imine (C=N–C) groups is 1. The Kier molecular flexibility index (Phi) is 4.68. The van der Waals surface area contributed by atoms with Crippen molar-refractivity contribution in [3.05, 3.63) is 35.9 Å². The number of hydrogen-bond acceptors (Lipinski definition) is 4. The zero-order valence-corrected chi connectivity index (χ0v) is 9.16. The molecule has 0 bridgehead atoms. The molecule has 15 heavy (non-hydrogen) atoms. The lowest BCUT2D eigenvalue weighted by molar-refractivity contribution is -0.144. The Labute approximate surface area is 93.8 Å². The fourth-order valence-corrected chi connectivity index (χ4v) is 1.28. The second-order valence-electron chi connectivity index (χ2n) is 2.79. The topological polar surface area (TPSA) is 38.7 Å². The third kappa shape index (κ3) is 3.27. The Bertz CT molecular complexity index is 371. The smallest absolute Gasteiger partial charge is 0.336 e. The predicted octanol–water partition coefficient (Wildman–Crippen LogP) is 2.39. The van der Waals surface area contributed by atoms with Gasteiger partial charge in [-0.3, -0.25) is 0 Å². The molecule has 0 N–H and O–H groups in total. The number of benzene rings is 1. The van der Waals surface area contributed by atoms with Crippen LogP contribution in [0.5, 0.6) is 0 Å². The average molecular weight is 221 g/mol.